The van der Waals surface area contributed by atoms with Crippen molar-refractivity contribution in [2.75, 3.05) is 7.11 Å². The van der Waals surface area contributed by atoms with Gasteiger partial charge in [-0.3, -0.25) is 9.78 Å². The number of aliphatic carboxylic acids is 1. The minimum absolute atomic E-state index is 0.0403. The Morgan fingerprint density at radius 1 is 1.69 bits per heavy atom. The molecule has 0 aliphatic rings. The van der Waals surface area contributed by atoms with Gasteiger partial charge in [0.2, 0.25) is 0 Å². The minimum Gasteiger partial charge on any atom is -0.495 e. The van der Waals surface area contributed by atoms with Crippen molar-refractivity contribution in [3.63, 3.8) is 0 Å². The normalized spacial score (nSPS) is 12.2. The number of hydrogen-bond acceptors (Lipinski definition) is 3. The molecular formula is C11H14ClNO3. The maximum Gasteiger partial charge on any atom is 0.304 e. The average molecular weight is 244 g/mol. The van der Waals surface area contributed by atoms with E-state index in [1.165, 1.54) is 13.3 Å². The molecule has 1 heterocycles. The number of pyridine rings is 1. The highest BCUT2D eigenvalue weighted by atomic mass is 35.5. The molecule has 88 valence electrons. The van der Waals surface area contributed by atoms with E-state index in [-0.39, 0.29) is 12.3 Å². The monoisotopic (exact) mass is 243 g/mol. The van der Waals surface area contributed by atoms with Crippen LogP contribution in [0.3, 0.4) is 0 Å². The van der Waals surface area contributed by atoms with Gasteiger partial charge in [-0.15, -0.1) is 0 Å². The number of carbonyl (C=O) groups is 1. The Morgan fingerprint density at radius 3 is 2.81 bits per heavy atom. The van der Waals surface area contributed by atoms with Gasteiger partial charge in [0.1, 0.15) is 10.8 Å². The Morgan fingerprint density at radius 2 is 2.31 bits per heavy atom. The van der Waals surface area contributed by atoms with Crippen molar-refractivity contribution in [3.05, 3.63) is 22.5 Å². The fourth-order valence-electron chi connectivity index (χ4n) is 1.68. The van der Waals surface area contributed by atoms with Crippen LogP contribution in [0.25, 0.3) is 0 Å². The van der Waals surface area contributed by atoms with Gasteiger partial charge in [0.25, 0.3) is 0 Å². The summed E-state index contributed by atoms with van der Waals surface area (Å²) < 4.78 is 5.15. The molecule has 0 saturated heterocycles. The summed E-state index contributed by atoms with van der Waals surface area (Å²) in [5, 5.41) is 9.17. The Balaban J connectivity index is 3.10. The molecule has 0 amide bonds. The van der Waals surface area contributed by atoms with Crippen molar-refractivity contribution < 1.29 is 14.6 Å². The predicted octanol–water partition coefficient (Wildman–Crippen LogP) is 2.63. The van der Waals surface area contributed by atoms with E-state index in [0.29, 0.717) is 16.5 Å². The molecule has 1 N–H and O–H groups in total. The summed E-state index contributed by atoms with van der Waals surface area (Å²) in [6.45, 7) is 3.64. The third-order valence-electron chi connectivity index (χ3n) is 2.41. The summed E-state index contributed by atoms with van der Waals surface area (Å²) in [4.78, 5) is 14.8. The Hall–Kier alpha value is -1.29. The van der Waals surface area contributed by atoms with Crippen LogP contribution < -0.4 is 4.74 Å². The van der Waals surface area contributed by atoms with E-state index in [9.17, 15) is 4.79 Å². The van der Waals surface area contributed by atoms with Gasteiger partial charge < -0.3 is 9.84 Å². The van der Waals surface area contributed by atoms with Crippen LogP contribution in [-0.2, 0) is 4.79 Å². The van der Waals surface area contributed by atoms with E-state index < -0.39 is 5.97 Å². The number of aromatic nitrogens is 1. The smallest absolute Gasteiger partial charge is 0.304 e. The second-order valence-corrected chi connectivity index (χ2v) is 4.06. The number of hydrogen-bond donors (Lipinski definition) is 1. The van der Waals surface area contributed by atoms with Gasteiger partial charge in [-0.05, 0) is 6.92 Å². The molecule has 1 atom stereocenters. The lowest BCUT2D eigenvalue weighted by Crippen LogP contribution is -2.07. The first kappa shape index (κ1) is 12.8. The molecule has 0 radical (unpaired) electrons. The van der Waals surface area contributed by atoms with Crippen molar-refractivity contribution in [2.24, 2.45) is 0 Å². The first-order valence-corrected chi connectivity index (χ1v) is 5.26. The summed E-state index contributed by atoms with van der Waals surface area (Å²) >= 11 is 5.91. The third-order valence-corrected chi connectivity index (χ3v) is 2.68. The van der Waals surface area contributed by atoms with Gasteiger partial charge in [0.15, 0.2) is 0 Å². The van der Waals surface area contributed by atoms with Crippen molar-refractivity contribution in [2.45, 2.75) is 26.2 Å². The number of halogens is 1. The molecule has 0 aliphatic carbocycles. The standard InChI is InChI=1S/C11H14ClNO3/c1-6(4-9(14)15)10-7(2)11(16-3)8(12)5-13-10/h5-6H,4H2,1-3H3,(H,14,15). The van der Waals surface area contributed by atoms with Crippen molar-refractivity contribution in [1.82, 2.24) is 4.98 Å². The average Bonchev–Trinajstić information content (AvgIpc) is 2.17. The number of carboxylic acid groups (broad SMARTS) is 1. The molecule has 0 fully saturated rings. The van der Waals surface area contributed by atoms with E-state index >= 15 is 0 Å². The molecule has 5 heteroatoms. The van der Waals surface area contributed by atoms with E-state index in [1.807, 2.05) is 13.8 Å². The minimum atomic E-state index is -0.845. The van der Waals surface area contributed by atoms with Gasteiger partial charge in [-0.1, -0.05) is 18.5 Å². The number of methoxy groups -OCH3 is 1. The van der Waals surface area contributed by atoms with Gasteiger partial charge >= 0.3 is 5.97 Å². The highest BCUT2D eigenvalue weighted by Crippen LogP contribution is 2.32. The molecule has 4 nitrogen and oxygen atoms in total. The predicted molar refractivity (Wildman–Crippen MR) is 61.2 cm³/mol. The summed E-state index contributed by atoms with van der Waals surface area (Å²) in [7, 11) is 1.53. The fraction of sp³-hybridized carbons (Fsp3) is 0.455. The maximum atomic E-state index is 10.6. The van der Waals surface area contributed by atoms with Gasteiger partial charge in [-0.25, -0.2) is 0 Å². The first-order chi connectivity index (χ1) is 7.47. The SMILES string of the molecule is COc1c(Cl)cnc(C(C)CC(=O)O)c1C. The Bertz CT molecular complexity index is 406. The zero-order valence-corrected chi connectivity index (χ0v) is 10.2. The van der Waals surface area contributed by atoms with E-state index in [4.69, 9.17) is 21.4 Å². The molecule has 0 bridgehead atoms. The highest BCUT2D eigenvalue weighted by molar-refractivity contribution is 6.32. The lowest BCUT2D eigenvalue weighted by atomic mass is 9.99. The quantitative estimate of drug-likeness (QED) is 0.883. The number of ether oxygens (including phenoxy) is 1. The first-order valence-electron chi connectivity index (χ1n) is 4.88. The second-order valence-electron chi connectivity index (χ2n) is 3.65. The molecule has 0 saturated carbocycles. The lowest BCUT2D eigenvalue weighted by molar-refractivity contribution is -0.137. The molecule has 0 aliphatic heterocycles. The van der Waals surface area contributed by atoms with Crippen molar-refractivity contribution in [3.8, 4) is 5.75 Å². The molecule has 1 rings (SSSR count). The van der Waals surface area contributed by atoms with Crippen LogP contribution in [0.1, 0.15) is 30.5 Å². The lowest BCUT2D eigenvalue weighted by Gasteiger charge is -2.15. The molecular weight excluding hydrogens is 230 g/mol. The maximum absolute atomic E-state index is 10.6. The van der Waals surface area contributed by atoms with Crippen molar-refractivity contribution in [1.29, 1.82) is 0 Å². The van der Waals surface area contributed by atoms with E-state index in [1.54, 1.807) is 0 Å². The van der Waals surface area contributed by atoms with Crippen LogP contribution in [0.5, 0.6) is 5.75 Å². The third kappa shape index (κ3) is 2.64. The molecule has 1 unspecified atom stereocenters. The van der Waals surface area contributed by atoms with Crippen LogP contribution in [0.4, 0.5) is 0 Å². The zero-order chi connectivity index (χ0) is 12.3. The molecule has 1 aromatic heterocycles. The summed E-state index contributed by atoms with van der Waals surface area (Å²) in [5.41, 5.74) is 1.51. The fourth-order valence-corrected chi connectivity index (χ4v) is 1.95. The number of rotatable bonds is 4. The van der Waals surface area contributed by atoms with Gasteiger partial charge in [-0.2, -0.15) is 0 Å². The molecule has 1 aromatic rings. The molecule has 0 spiro atoms. The Labute approximate surface area is 99.2 Å². The number of carboxylic acids is 1. The van der Waals surface area contributed by atoms with Crippen LogP contribution in [0, 0.1) is 6.92 Å². The largest absolute Gasteiger partial charge is 0.495 e. The van der Waals surface area contributed by atoms with Crippen LogP contribution in [0.15, 0.2) is 6.20 Å². The Kier molecular flexibility index (Phi) is 4.12. The van der Waals surface area contributed by atoms with Crippen LogP contribution >= 0.6 is 11.6 Å². The highest BCUT2D eigenvalue weighted by Gasteiger charge is 2.18. The second kappa shape index (κ2) is 5.16. The summed E-state index contributed by atoms with van der Waals surface area (Å²) in [6.07, 6.45) is 1.53. The number of nitrogens with zero attached hydrogens (tertiary/aromatic N) is 1. The van der Waals surface area contributed by atoms with Crippen LogP contribution in [0.2, 0.25) is 5.02 Å². The van der Waals surface area contributed by atoms with Gasteiger partial charge in [0, 0.05) is 17.7 Å². The van der Waals surface area contributed by atoms with Crippen molar-refractivity contribution >= 4 is 17.6 Å². The van der Waals surface area contributed by atoms with E-state index in [0.717, 1.165) is 5.56 Å². The molecule has 0 aromatic carbocycles. The van der Waals surface area contributed by atoms with Crippen LogP contribution in [-0.4, -0.2) is 23.2 Å². The molecule has 16 heavy (non-hydrogen) atoms. The van der Waals surface area contributed by atoms with E-state index in [2.05, 4.69) is 4.98 Å². The topological polar surface area (TPSA) is 59.4 Å². The van der Waals surface area contributed by atoms with Gasteiger partial charge in [0.05, 0.1) is 19.2 Å². The zero-order valence-electron chi connectivity index (χ0n) is 9.45. The summed E-state index contributed by atoms with van der Waals surface area (Å²) in [6, 6.07) is 0. The summed E-state index contributed by atoms with van der Waals surface area (Å²) in [5.74, 6) is -0.449.